The zero-order valence-electron chi connectivity index (χ0n) is 21.6. The standard InChI is InChI=1S/C35H30O2/c1-4-11-21(2)31-22(3)36-30-17-10-16-29-32-28(20-24-13-6-5-7-14-25(24)33(31)34(30)32)27-19-18-23-12-8-9-15-26(23)35(27)37-29/h5-6,8-19,30H,4,7,20H2,1-3H3/b21-11-. The van der Waals surface area contributed by atoms with Crippen molar-refractivity contribution >= 4 is 16.3 Å². The fourth-order valence-electron chi connectivity index (χ4n) is 6.48. The summed E-state index contributed by atoms with van der Waals surface area (Å²) in [5.41, 5.74) is 11.4. The highest BCUT2D eigenvalue weighted by atomic mass is 16.5. The molecule has 0 saturated carbocycles. The lowest BCUT2D eigenvalue weighted by Gasteiger charge is -2.34. The molecule has 37 heavy (non-hydrogen) atoms. The first kappa shape index (κ1) is 22.2. The van der Waals surface area contributed by atoms with Gasteiger partial charge in [-0.2, -0.15) is 0 Å². The van der Waals surface area contributed by atoms with Crippen LogP contribution in [0.15, 0.2) is 136 Å². The molecule has 2 aromatic carbocycles. The molecule has 0 bridgehead atoms. The van der Waals surface area contributed by atoms with Crippen LogP contribution in [0.25, 0.3) is 16.3 Å². The summed E-state index contributed by atoms with van der Waals surface area (Å²) < 4.78 is 13.5. The highest BCUT2D eigenvalue weighted by Crippen LogP contribution is 2.55. The Hall–Kier alpha value is -4.04. The molecule has 2 heterocycles. The lowest BCUT2D eigenvalue weighted by Crippen LogP contribution is -2.25. The zero-order chi connectivity index (χ0) is 25.1. The maximum Gasteiger partial charge on any atom is 0.143 e. The van der Waals surface area contributed by atoms with Crippen LogP contribution in [0.4, 0.5) is 0 Å². The molecular weight excluding hydrogens is 452 g/mol. The van der Waals surface area contributed by atoms with Crippen molar-refractivity contribution in [2.45, 2.75) is 46.1 Å². The summed E-state index contributed by atoms with van der Waals surface area (Å²) in [6.07, 6.45) is 20.5. The number of hydrogen-bond acceptors (Lipinski definition) is 2. The third kappa shape index (κ3) is 3.32. The first-order chi connectivity index (χ1) is 18.2. The molecule has 0 fully saturated rings. The molecule has 0 aromatic heterocycles. The van der Waals surface area contributed by atoms with Gasteiger partial charge in [0.15, 0.2) is 0 Å². The maximum atomic E-state index is 6.81. The van der Waals surface area contributed by atoms with E-state index < -0.39 is 0 Å². The summed E-state index contributed by atoms with van der Waals surface area (Å²) in [6.45, 7) is 6.54. The minimum atomic E-state index is -0.158. The van der Waals surface area contributed by atoms with Gasteiger partial charge in [0.1, 0.15) is 23.4 Å². The normalized spacial score (nSPS) is 22.1. The lowest BCUT2D eigenvalue weighted by molar-refractivity contribution is 0.177. The summed E-state index contributed by atoms with van der Waals surface area (Å²) in [5, 5.41) is 2.35. The van der Waals surface area contributed by atoms with Crippen LogP contribution in [0.2, 0.25) is 0 Å². The number of allylic oxidation sites excluding steroid dienone is 15. The molecule has 2 heteroatoms. The van der Waals surface area contributed by atoms with E-state index in [-0.39, 0.29) is 6.10 Å². The van der Waals surface area contributed by atoms with Crippen molar-refractivity contribution in [2.24, 2.45) is 0 Å². The minimum absolute atomic E-state index is 0.158. The molecule has 2 nitrogen and oxygen atoms in total. The van der Waals surface area contributed by atoms with Crippen molar-refractivity contribution in [3.8, 4) is 5.75 Å². The summed E-state index contributed by atoms with van der Waals surface area (Å²) >= 11 is 0. The highest BCUT2D eigenvalue weighted by Gasteiger charge is 2.41. The van der Waals surface area contributed by atoms with Gasteiger partial charge in [-0.15, -0.1) is 0 Å². The van der Waals surface area contributed by atoms with Crippen LogP contribution in [0.3, 0.4) is 0 Å². The first-order valence-corrected chi connectivity index (χ1v) is 13.3. The van der Waals surface area contributed by atoms with Crippen LogP contribution in [0.5, 0.6) is 5.75 Å². The van der Waals surface area contributed by atoms with Crippen LogP contribution >= 0.6 is 0 Å². The van der Waals surface area contributed by atoms with Crippen LogP contribution in [0.1, 0.15) is 45.6 Å². The van der Waals surface area contributed by atoms with E-state index >= 15 is 0 Å². The van der Waals surface area contributed by atoms with E-state index in [1.54, 1.807) is 0 Å². The monoisotopic (exact) mass is 482 g/mol. The number of ether oxygens (including phenoxy) is 2. The first-order valence-electron chi connectivity index (χ1n) is 13.3. The van der Waals surface area contributed by atoms with Gasteiger partial charge in [-0.1, -0.05) is 79.8 Å². The number of fused-ring (bicyclic) bond motifs is 6. The Morgan fingerprint density at radius 1 is 1.05 bits per heavy atom. The Morgan fingerprint density at radius 2 is 1.95 bits per heavy atom. The van der Waals surface area contributed by atoms with Crippen LogP contribution in [0, 0.1) is 0 Å². The Labute approximate surface area is 218 Å². The van der Waals surface area contributed by atoms with Crippen LogP contribution < -0.4 is 4.74 Å². The van der Waals surface area contributed by atoms with Gasteiger partial charge in [0.25, 0.3) is 0 Å². The molecule has 0 saturated heterocycles. The van der Waals surface area contributed by atoms with Gasteiger partial charge in [-0.25, -0.2) is 0 Å². The van der Waals surface area contributed by atoms with Crippen molar-refractivity contribution in [1.29, 1.82) is 0 Å². The van der Waals surface area contributed by atoms with E-state index in [0.29, 0.717) is 0 Å². The molecule has 0 amide bonds. The molecule has 0 spiro atoms. The smallest absolute Gasteiger partial charge is 0.143 e. The van der Waals surface area contributed by atoms with Gasteiger partial charge in [-0.05, 0) is 72.9 Å². The molecule has 2 aliphatic heterocycles. The van der Waals surface area contributed by atoms with E-state index in [1.807, 2.05) is 0 Å². The summed E-state index contributed by atoms with van der Waals surface area (Å²) in [5.74, 6) is 2.86. The quantitative estimate of drug-likeness (QED) is 0.425. The Balaban J connectivity index is 1.61. The zero-order valence-corrected chi connectivity index (χ0v) is 21.6. The minimum Gasteiger partial charge on any atom is -0.486 e. The van der Waals surface area contributed by atoms with Gasteiger partial charge >= 0.3 is 0 Å². The second kappa shape index (κ2) is 8.52. The molecular formula is C35H30O2. The Morgan fingerprint density at radius 3 is 2.84 bits per heavy atom. The Bertz CT molecular complexity index is 1660. The SMILES string of the molecule is CC/C=C(/C)C1=C(C)OC2C=CC=C3Oc4c(ccc5ccccc45)C4=C3C2=C1C1=CCC=CC=C1C4. The molecule has 3 aliphatic carbocycles. The fourth-order valence-corrected chi connectivity index (χ4v) is 6.48. The van der Waals surface area contributed by atoms with Crippen molar-refractivity contribution in [3.63, 3.8) is 0 Å². The topological polar surface area (TPSA) is 18.5 Å². The predicted octanol–water partition coefficient (Wildman–Crippen LogP) is 8.98. The molecule has 7 rings (SSSR count). The van der Waals surface area contributed by atoms with E-state index in [4.69, 9.17) is 9.47 Å². The second-order valence-electron chi connectivity index (χ2n) is 10.2. The third-order valence-electron chi connectivity index (χ3n) is 8.01. The lowest BCUT2D eigenvalue weighted by atomic mass is 9.80. The molecule has 1 atom stereocenters. The van der Waals surface area contributed by atoms with E-state index in [9.17, 15) is 0 Å². The van der Waals surface area contributed by atoms with Gasteiger partial charge in [0.2, 0.25) is 0 Å². The molecule has 0 N–H and O–H groups in total. The van der Waals surface area contributed by atoms with Crippen LogP contribution in [-0.4, -0.2) is 6.10 Å². The third-order valence-corrected chi connectivity index (χ3v) is 8.01. The van der Waals surface area contributed by atoms with Crippen molar-refractivity contribution < 1.29 is 9.47 Å². The van der Waals surface area contributed by atoms with E-state index in [0.717, 1.165) is 41.9 Å². The molecule has 5 aliphatic rings. The average molecular weight is 483 g/mol. The van der Waals surface area contributed by atoms with E-state index in [2.05, 4.69) is 106 Å². The van der Waals surface area contributed by atoms with Crippen LogP contribution in [-0.2, 0) is 4.74 Å². The number of benzene rings is 2. The van der Waals surface area contributed by atoms with E-state index in [1.165, 1.54) is 55.5 Å². The number of hydrogen-bond donors (Lipinski definition) is 0. The van der Waals surface area contributed by atoms with Gasteiger partial charge in [0.05, 0.1) is 0 Å². The number of rotatable bonds is 2. The van der Waals surface area contributed by atoms with Gasteiger partial charge in [0, 0.05) is 33.2 Å². The fraction of sp³-hybridized carbons (Fsp3) is 0.200. The Kier molecular flexibility index (Phi) is 5.11. The second-order valence-corrected chi connectivity index (χ2v) is 10.2. The van der Waals surface area contributed by atoms with Crippen molar-refractivity contribution in [2.75, 3.05) is 0 Å². The van der Waals surface area contributed by atoms with Gasteiger partial charge in [-0.3, -0.25) is 0 Å². The molecule has 2 aromatic rings. The average Bonchev–Trinajstić information content (AvgIpc) is 3.29. The summed E-state index contributed by atoms with van der Waals surface area (Å²) in [7, 11) is 0. The highest BCUT2D eigenvalue weighted by molar-refractivity contribution is 5.98. The maximum absolute atomic E-state index is 6.81. The van der Waals surface area contributed by atoms with Crippen molar-refractivity contribution in [1.82, 2.24) is 0 Å². The van der Waals surface area contributed by atoms with Crippen molar-refractivity contribution in [3.05, 3.63) is 141 Å². The predicted molar refractivity (Wildman–Crippen MR) is 152 cm³/mol. The largest absolute Gasteiger partial charge is 0.486 e. The van der Waals surface area contributed by atoms with Gasteiger partial charge < -0.3 is 9.47 Å². The molecule has 1 unspecified atom stereocenters. The molecule has 0 radical (unpaired) electrons. The summed E-state index contributed by atoms with van der Waals surface area (Å²) in [6, 6.07) is 13.0. The molecule has 182 valence electrons. The summed E-state index contributed by atoms with van der Waals surface area (Å²) in [4.78, 5) is 0.